The van der Waals surface area contributed by atoms with Crippen LogP contribution in [0.2, 0.25) is 0 Å². The fourth-order valence-electron chi connectivity index (χ4n) is 9.10. The topological polar surface area (TPSA) is 25.8 Å². The highest BCUT2D eigenvalue weighted by Gasteiger charge is 2.18. The number of rotatable bonds is 9. The highest BCUT2D eigenvalue weighted by atomic mass is 14.7. The van der Waals surface area contributed by atoms with E-state index in [1.807, 2.05) is 36.7 Å². The van der Waals surface area contributed by atoms with Crippen molar-refractivity contribution in [1.82, 2.24) is 9.97 Å². The molecular formula is C59H50N2. The van der Waals surface area contributed by atoms with Crippen LogP contribution in [-0.2, 0) is 6.42 Å². The van der Waals surface area contributed by atoms with E-state index in [2.05, 4.69) is 187 Å². The summed E-state index contributed by atoms with van der Waals surface area (Å²) in [7, 11) is 0. The Morgan fingerprint density at radius 3 is 1.11 bits per heavy atom. The van der Waals surface area contributed by atoms with Crippen LogP contribution in [0.25, 0.3) is 89.3 Å². The fraction of sp³-hybridized carbons (Fsp3) is 0.119. The third kappa shape index (κ3) is 7.74. The van der Waals surface area contributed by atoms with Crippen molar-refractivity contribution >= 4 is 0 Å². The molecule has 0 saturated carbocycles. The molecule has 0 atom stereocenters. The summed E-state index contributed by atoms with van der Waals surface area (Å²) < 4.78 is 0. The van der Waals surface area contributed by atoms with Gasteiger partial charge in [-0.25, -0.2) is 0 Å². The minimum absolute atomic E-state index is 0.946. The van der Waals surface area contributed by atoms with E-state index in [1.54, 1.807) is 0 Å². The number of benzene rings is 7. The number of hydrogen-bond donors (Lipinski definition) is 0. The molecule has 0 bridgehead atoms. The van der Waals surface area contributed by atoms with E-state index >= 15 is 0 Å². The molecular weight excluding hydrogens is 737 g/mol. The van der Waals surface area contributed by atoms with Gasteiger partial charge in [0, 0.05) is 29.1 Å². The van der Waals surface area contributed by atoms with Gasteiger partial charge in [-0.3, -0.25) is 9.97 Å². The third-order valence-corrected chi connectivity index (χ3v) is 12.3. The van der Waals surface area contributed by atoms with Gasteiger partial charge in [0.1, 0.15) is 0 Å². The van der Waals surface area contributed by atoms with Crippen LogP contribution in [0, 0.1) is 34.6 Å². The Labute approximate surface area is 361 Å². The van der Waals surface area contributed by atoms with E-state index in [-0.39, 0.29) is 0 Å². The maximum atomic E-state index is 4.74. The summed E-state index contributed by atoms with van der Waals surface area (Å²) in [4.78, 5) is 9.48. The Balaban J connectivity index is 0.985. The average molecular weight is 787 g/mol. The smallest absolute Gasteiger partial charge is 0.0708 e. The molecule has 0 spiro atoms. The monoisotopic (exact) mass is 786 g/mol. The number of pyridine rings is 2. The first-order valence-electron chi connectivity index (χ1n) is 21.4. The molecule has 0 N–H and O–H groups in total. The molecule has 0 saturated heterocycles. The quantitative estimate of drug-likeness (QED) is 0.146. The van der Waals surface area contributed by atoms with Crippen molar-refractivity contribution in [2.24, 2.45) is 0 Å². The average Bonchev–Trinajstić information content (AvgIpc) is 3.29. The van der Waals surface area contributed by atoms with Gasteiger partial charge in [-0.05, 0) is 160 Å². The van der Waals surface area contributed by atoms with E-state index in [1.165, 1.54) is 89.0 Å². The second kappa shape index (κ2) is 16.8. The van der Waals surface area contributed by atoms with Gasteiger partial charge >= 0.3 is 0 Å². The second-order valence-corrected chi connectivity index (χ2v) is 16.3. The second-order valence-electron chi connectivity index (χ2n) is 16.3. The first-order chi connectivity index (χ1) is 29.8. The molecule has 0 aliphatic heterocycles. The zero-order chi connectivity index (χ0) is 42.0. The molecule has 9 aromatic rings. The Hall–Kier alpha value is -7.16. The van der Waals surface area contributed by atoms with E-state index < -0.39 is 0 Å². The molecule has 0 fully saturated rings. The van der Waals surface area contributed by atoms with Crippen molar-refractivity contribution in [2.45, 2.75) is 48.0 Å². The maximum absolute atomic E-state index is 4.74. The lowest BCUT2D eigenvalue weighted by molar-refractivity contribution is 1.14. The van der Waals surface area contributed by atoms with Crippen LogP contribution in [0.15, 0.2) is 182 Å². The Bertz CT molecular complexity index is 2990. The van der Waals surface area contributed by atoms with Gasteiger partial charge in [0.15, 0.2) is 0 Å². The molecule has 61 heavy (non-hydrogen) atoms. The summed E-state index contributed by atoms with van der Waals surface area (Å²) >= 11 is 0. The molecule has 2 heterocycles. The highest BCUT2D eigenvalue weighted by Crippen LogP contribution is 2.42. The van der Waals surface area contributed by atoms with E-state index in [9.17, 15) is 0 Å². The van der Waals surface area contributed by atoms with Crippen LogP contribution < -0.4 is 0 Å². The first-order valence-corrected chi connectivity index (χ1v) is 21.4. The summed E-state index contributed by atoms with van der Waals surface area (Å²) in [5.74, 6) is 0. The predicted molar refractivity (Wildman–Crippen MR) is 259 cm³/mol. The minimum atomic E-state index is 0.946. The van der Waals surface area contributed by atoms with Gasteiger partial charge in [-0.2, -0.15) is 0 Å². The number of aryl methyl sites for hydroxylation is 6. The minimum Gasteiger partial charge on any atom is -0.256 e. The first kappa shape index (κ1) is 39.3. The van der Waals surface area contributed by atoms with Crippen LogP contribution in [0.3, 0.4) is 0 Å². The Morgan fingerprint density at radius 1 is 0.311 bits per heavy atom. The van der Waals surface area contributed by atoms with Crippen molar-refractivity contribution in [3.05, 3.63) is 216 Å². The zero-order valence-electron chi connectivity index (χ0n) is 35.9. The summed E-state index contributed by atoms with van der Waals surface area (Å²) in [6.07, 6.45) is 4.71. The fourth-order valence-corrected chi connectivity index (χ4v) is 9.10. The Morgan fingerprint density at radius 2 is 0.689 bits per heavy atom. The molecule has 2 heteroatoms. The lowest BCUT2D eigenvalue weighted by Gasteiger charge is -2.18. The standard InChI is InChI=1S/C59H50N2/c1-7-43-37-47(24-30-54(43)49-16-9-8-15-38(49)2)46-23-28-51(41(5)35-46)50-26-21-44(33-39(50)3)45-22-27-52(40(4)34-45)53-29-25-48(36-42(53)6)59-55(57-19-10-12-31-60-57)17-14-18-56(59)58-20-11-13-32-61-58/h8-37H,7H2,1-6H3. The van der Waals surface area contributed by atoms with Crippen LogP contribution in [0.1, 0.15) is 40.3 Å². The van der Waals surface area contributed by atoms with Crippen LogP contribution in [0.5, 0.6) is 0 Å². The molecule has 2 aromatic heterocycles. The highest BCUT2D eigenvalue weighted by molar-refractivity contribution is 5.94. The van der Waals surface area contributed by atoms with Gasteiger partial charge in [-0.15, -0.1) is 0 Å². The van der Waals surface area contributed by atoms with Gasteiger partial charge in [0.25, 0.3) is 0 Å². The predicted octanol–water partition coefficient (Wildman–Crippen LogP) is 15.9. The van der Waals surface area contributed by atoms with Crippen molar-refractivity contribution in [3.8, 4) is 89.3 Å². The molecule has 2 nitrogen and oxygen atoms in total. The molecule has 0 aliphatic rings. The van der Waals surface area contributed by atoms with Crippen molar-refractivity contribution in [1.29, 1.82) is 0 Å². The van der Waals surface area contributed by atoms with E-state index in [4.69, 9.17) is 9.97 Å². The zero-order valence-corrected chi connectivity index (χ0v) is 35.9. The largest absolute Gasteiger partial charge is 0.256 e. The molecule has 7 aromatic carbocycles. The molecule has 0 amide bonds. The maximum Gasteiger partial charge on any atom is 0.0708 e. The summed E-state index contributed by atoms with van der Waals surface area (Å²) in [5, 5.41) is 0. The molecule has 0 unspecified atom stereocenters. The van der Waals surface area contributed by atoms with Gasteiger partial charge in [0.2, 0.25) is 0 Å². The van der Waals surface area contributed by atoms with E-state index in [0.29, 0.717) is 0 Å². The third-order valence-electron chi connectivity index (χ3n) is 12.3. The SMILES string of the molecule is CCc1cc(-c2ccc(-c3ccc(-c4ccc(-c5ccc(-c6c(-c7ccccn7)cccc6-c6ccccn6)cc5C)c(C)c4)cc3C)c(C)c2)ccc1-c1ccccc1C. The van der Waals surface area contributed by atoms with Crippen molar-refractivity contribution in [2.75, 3.05) is 0 Å². The number of aromatic nitrogens is 2. The number of nitrogens with zero attached hydrogens (tertiary/aromatic N) is 2. The molecule has 0 radical (unpaired) electrons. The normalized spacial score (nSPS) is 11.2. The van der Waals surface area contributed by atoms with Gasteiger partial charge in [-0.1, -0.05) is 153 Å². The molecule has 296 valence electrons. The number of hydrogen-bond acceptors (Lipinski definition) is 2. The van der Waals surface area contributed by atoms with Crippen LogP contribution >= 0.6 is 0 Å². The summed E-state index contributed by atoms with van der Waals surface area (Å²) in [6, 6.07) is 61.8. The van der Waals surface area contributed by atoms with E-state index in [0.717, 1.165) is 40.1 Å². The van der Waals surface area contributed by atoms with Crippen LogP contribution in [0.4, 0.5) is 0 Å². The molecule has 0 aliphatic carbocycles. The van der Waals surface area contributed by atoms with Crippen LogP contribution in [-0.4, -0.2) is 9.97 Å². The van der Waals surface area contributed by atoms with Crippen molar-refractivity contribution in [3.63, 3.8) is 0 Å². The summed E-state index contributed by atoms with van der Waals surface area (Å²) in [5.41, 5.74) is 26.7. The lowest BCUT2D eigenvalue weighted by Crippen LogP contribution is -1.95. The van der Waals surface area contributed by atoms with Crippen molar-refractivity contribution < 1.29 is 0 Å². The summed E-state index contributed by atoms with van der Waals surface area (Å²) in [6.45, 7) is 13.4. The van der Waals surface area contributed by atoms with Gasteiger partial charge in [0.05, 0.1) is 11.4 Å². The van der Waals surface area contributed by atoms with Gasteiger partial charge < -0.3 is 0 Å². The molecule has 9 rings (SSSR count). The lowest BCUT2D eigenvalue weighted by atomic mass is 9.87. The Kier molecular flexibility index (Phi) is 10.8.